The Kier molecular flexibility index (Phi) is 3.79. The van der Waals surface area contributed by atoms with E-state index in [0.717, 1.165) is 40.8 Å². The van der Waals surface area contributed by atoms with Gasteiger partial charge in [0, 0.05) is 11.8 Å². The fourth-order valence-electron chi connectivity index (χ4n) is 2.90. The lowest BCUT2D eigenvalue weighted by molar-refractivity contribution is 0.839. The lowest BCUT2D eigenvalue weighted by Gasteiger charge is -2.08. The van der Waals surface area contributed by atoms with Crippen LogP contribution < -0.4 is 0 Å². The number of hydrogen-bond acceptors (Lipinski definition) is 3. The number of hydrogen-bond donors (Lipinski definition) is 0. The van der Waals surface area contributed by atoms with E-state index in [0.29, 0.717) is 0 Å². The largest absolute Gasteiger partial charge is 0.252 e. The molecule has 0 radical (unpaired) electrons. The van der Waals surface area contributed by atoms with Crippen LogP contribution in [0.5, 0.6) is 0 Å². The van der Waals surface area contributed by atoms with Crippen molar-refractivity contribution >= 4 is 11.0 Å². The molecular weight excluding hydrogens is 296 g/mol. The normalized spacial score (nSPS) is 11.0. The van der Waals surface area contributed by atoms with Crippen LogP contribution in [-0.4, -0.2) is 19.7 Å². The fraction of sp³-hybridized carbons (Fsp3) is 0.150. The first-order valence-electron chi connectivity index (χ1n) is 8.20. The summed E-state index contributed by atoms with van der Waals surface area (Å²) in [5.41, 5.74) is 6.04. The molecule has 2 heterocycles. The number of rotatable bonds is 4. The van der Waals surface area contributed by atoms with Crippen molar-refractivity contribution in [1.82, 2.24) is 19.7 Å². The van der Waals surface area contributed by atoms with E-state index in [1.165, 1.54) is 5.56 Å². The van der Waals surface area contributed by atoms with Crippen LogP contribution in [0.15, 0.2) is 67.1 Å². The van der Waals surface area contributed by atoms with Gasteiger partial charge in [0.15, 0.2) is 0 Å². The summed E-state index contributed by atoms with van der Waals surface area (Å²) in [5, 5.41) is 4.53. The number of para-hydroxylation sites is 3. The molecule has 4 heteroatoms. The van der Waals surface area contributed by atoms with Gasteiger partial charge in [0.05, 0.1) is 34.8 Å². The summed E-state index contributed by atoms with van der Waals surface area (Å²) in [6.07, 6.45) is 7.83. The molecule has 24 heavy (non-hydrogen) atoms. The van der Waals surface area contributed by atoms with Crippen LogP contribution in [-0.2, 0) is 6.42 Å². The molecule has 0 fully saturated rings. The quantitative estimate of drug-likeness (QED) is 0.559. The van der Waals surface area contributed by atoms with Gasteiger partial charge in [-0.15, -0.1) is 0 Å². The van der Waals surface area contributed by atoms with Crippen LogP contribution in [0, 0.1) is 0 Å². The zero-order chi connectivity index (χ0) is 16.4. The van der Waals surface area contributed by atoms with Crippen molar-refractivity contribution in [3.8, 4) is 16.9 Å². The molecule has 0 atom stereocenters. The van der Waals surface area contributed by atoms with Crippen LogP contribution in [0.3, 0.4) is 0 Å². The molecule has 0 aliphatic heterocycles. The molecule has 2 aromatic carbocycles. The fourth-order valence-corrected chi connectivity index (χ4v) is 2.90. The van der Waals surface area contributed by atoms with Crippen LogP contribution in [0.25, 0.3) is 28.0 Å². The van der Waals surface area contributed by atoms with Gasteiger partial charge in [0.25, 0.3) is 0 Å². The number of aryl methyl sites for hydroxylation is 1. The van der Waals surface area contributed by atoms with Crippen molar-refractivity contribution in [1.29, 1.82) is 0 Å². The summed E-state index contributed by atoms with van der Waals surface area (Å²) >= 11 is 0. The van der Waals surface area contributed by atoms with Crippen molar-refractivity contribution in [2.75, 3.05) is 0 Å². The van der Waals surface area contributed by atoms with Gasteiger partial charge in [0.2, 0.25) is 0 Å². The van der Waals surface area contributed by atoms with Gasteiger partial charge in [-0.2, -0.15) is 5.10 Å². The number of nitrogens with zero attached hydrogens (tertiary/aromatic N) is 4. The topological polar surface area (TPSA) is 43.6 Å². The van der Waals surface area contributed by atoms with E-state index in [2.05, 4.69) is 35.2 Å². The summed E-state index contributed by atoms with van der Waals surface area (Å²) in [4.78, 5) is 9.18. The Bertz CT molecular complexity index is 988. The average Bonchev–Trinajstić information content (AvgIpc) is 3.12. The van der Waals surface area contributed by atoms with E-state index in [-0.39, 0.29) is 0 Å². The highest BCUT2D eigenvalue weighted by Crippen LogP contribution is 2.22. The maximum Gasteiger partial charge on any atom is 0.0924 e. The molecule has 4 nitrogen and oxygen atoms in total. The Morgan fingerprint density at radius 1 is 0.917 bits per heavy atom. The zero-order valence-electron chi connectivity index (χ0n) is 13.6. The van der Waals surface area contributed by atoms with Gasteiger partial charge < -0.3 is 0 Å². The molecule has 4 rings (SSSR count). The molecule has 0 spiro atoms. The minimum absolute atomic E-state index is 0.841. The Labute approximate surface area is 140 Å². The summed E-state index contributed by atoms with van der Waals surface area (Å²) in [7, 11) is 0. The molecule has 0 saturated carbocycles. The minimum atomic E-state index is 0.841. The third kappa shape index (κ3) is 2.67. The summed E-state index contributed by atoms with van der Waals surface area (Å²) < 4.78 is 1.93. The molecule has 0 saturated heterocycles. The lowest BCUT2D eigenvalue weighted by Crippen LogP contribution is -1.99. The molecule has 0 bridgehead atoms. The predicted octanol–water partition coefficient (Wildman–Crippen LogP) is 4.44. The van der Waals surface area contributed by atoms with E-state index in [1.54, 1.807) is 0 Å². The van der Waals surface area contributed by atoms with Crippen molar-refractivity contribution < 1.29 is 0 Å². The van der Waals surface area contributed by atoms with E-state index in [9.17, 15) is 0 Å². The van der Waals surface area contributed by atoms with Crippen LogP contribution in [0.4, 0.5) is 0 Å². The second-order valence-electron chi connectivity index (χ2n) is 5.80. The molecule has 118 valence electrons. The number of benzene rings is 2. The molecule has 0 aliphatic rings. The van der Waals surface area contributed by atoms with Gasteiger partial charge in [-0.25, -0.2) is 9.67 Å². The van der Waals surface area contributed by atoms with Crippen molar-refractivity contribution in [3.63, 3.8) is 0 Å². The third-order valence-electron chi connectivity index (χ3n) is 4.08. The Morgan fingerprint density at radius 3 is 2.58 bits per heavy atom. The highest BCUT2D eigenvalue weighted by molar-refractivity contribution is 5.76. The zero-order valence-corrected chi connectivity index (χ0v) is 13.6. The van der Waals surface area contributed by atoms with E-state index in [4.69, 9.17) is 4.98 Å². The monoisotopic (exact) mass is 314 g/mol. The highest BCUT2D eigenvalue weighted by atomic mass is 15.3. The van der Waals surface area contributed by atoms with Crippen LogP contribution in [0.1, 0.15) is 18.9 Å². The predicted molar refractivity (Wildman–Crippen MR) is 96.1 cm³/mol. The first kappa shape index (κ1) is 14.6. The standard InChI is InChI=1S/C20H18N4/c1-2-7-15-8-3-6-11-20(15)24-14-16(12-22-24)19-13-21-17-9-4-5-10-18(17)23-19/h3-6,8-14H,2,7H2,1H3. The van der Waals surface area contributed by atoms with Gasteiger partial charge in [-0.3, -0.25) is 4.98 Å². The molecule has 0 N–H and O–H groups in total. The van der Waals surface area contributed by atoms with Gasteiger partial charge in [-0.05, 0) is 30.2 Å². The summed E-state index contributed by atoms with van der Waals surface area (Å²) in [6, 6.07) is 16.3. The van der Waals surface area contributed by atoms with E-state index in [1.807, 2.05) is 53.6 Å². The Morgan fingerprint density at radius 2 is 1.71 bits per heavy atom. The van der Waals surface area contributed by atoms with E-state index >= 15 is 0 Å². The van der Waals surface area contributed by atoms with Crippen molar-refractivity contribution in [2.45, 2.75) is 19.8 Å². The number of aromatic nitrogens is 4. The highest BCUT2D eigenvalue weighted by Gasteiger charge is 2.09. The third-order valence-corrected chi connectivity index (χ3v) is 4.08. The average molecular weight is 314 g/mol. The van der Waals surface area contributed by atoms with Crippen LogP contribution >= 0.6 is 0 Å². The van der Waals surface area contributed by atoms with Crippen molar-refractivity contribution in [2.24, 2.45) is 0 Å². The first-order chi connectivity index (χ1) is 11.8. The Balaban J connectivity index is 1.74. The smallest absolute Gasteiger partial charge is 0.0924 e. The maximum absolute atomic E-state index is 4.70. The van der Waals surface area contributed by atoms with Gasteiger partial charge in [0.1, 0.15) is 0 Å². The molecule has 2 aromatic heterocycles. The molecular formula is C20H18N4. The van der Waals surface area contributed by atoms with Crippen LogP contribution in [0.2, 0.25) is 0 Å². The van der Waals surface area contributed by atoms with Gasteiger partial charge >= 0.3 is 0 Å². The first-order valence-corrected chi connectivity index (χ1v) is 8.20. The molecule has 0 amide bonds. The Hall–Kier alpha value is -3.01. The second kappa shape index (κ2) is 6.24. The molecule has 0 unspecified atom stereocenters. The summed E-state index contributed by atoms with van der Waals surface area (Å²) in [5.74, 6) is 0. The van der Waals surface area contributed by atoms with Gasteiger partial charge in [-0.1, -0.05) is 43.7 Å². The summed E-state index contributed by atoms with van der Waals surface area (Å²) in [6.45, 7) is 2.19. The number of fused-ring (bicyclic) bond motifs is 1. The molecule has 4 aromatic rings. The van der Waals surface area contributed by atoms with E-state index < -0.39 is 0 Å². The second-order valence-corrected chi connectivity index (χ2v) is 5.80. The molecule has 0 aliphatic carbocycles. The lowest BCUT2D eigenvalue weighted by atomic mass is 10.1. The maximum atomic E-state index is 4.70. The van der Waals surface area contributed by atoms with Crippen molar-refractivity contribution in [3.05, 3.63) is 72.7 Å². The minimum Gasteiger partial charge on any atom is -0.252 e. The SMILES string of the molecule is CCCc1ccccc1-n1cc(-c2cnc3ccccc3n2)cn1.